The van der Waals surface area contributed by atoms with E-state index in [1.54, 1.807) is 0 Å². The molecular formula is C21H34N4O2. The number of nitrogens with zero attached hydrogens (tertiary/aromatic N) is 1. The molecule has 0 aliphatic heterocycles. The van der Waals surface area contributed by atoms with Crippen LogP contribution in [-0.4, -0.2) is 41.2 Å². The van der Waals surface area contributed by atoms with Crippen LogP contribution >= 0.6 is 0 Å². The van der Waals surface area contributed by atoms with Gasteiger partial charge >= 0.3 is 0 Å². The van der Waals surface area contributed by atoms with E-state index in [1.807, 2.05) is 52.0 Å². The van der Waals surface area contributed by atoms with Crippen LogP contribution in [0.15, 0.2) is 29.3 Å². The second-order valence-electron chi connectivity index (χ2n) is 8.25. The molecule has 1 aliphatic carbocycles. The molecule has 2 rings (SSSR count). The van der Waals surface area contributed by atoms with Crippen LogP contribution in [0.4, 0.5) is 0 Å². The second kappa shape index (κ2) is 9.74. The number of aliphatic hydroxyl groups is 1. The summed E-state index contributed by atoms with van der Waals surface area (Å²) in [5.74, 6) is 0.711. The minimum atomic E-state index is -0.263. The highest BCUT2D eigenvalue weighted by Crippen LogP contribution is 2.18. The van der Waals surface area contributed by atoms with Gasteiger partial charge in [-0.2, -0.15) is 0 Å². The number of guanidine groups is 1. The van der Waals surface area contributed by atoms with Crippen LogP contribution in [0.25, 0.3) is 0 Å². The molecule has 0 atom stereocenters. The zero-order chi connectivity index (χ0) is 19.9. The van der Waals surface area contributed by atoms with E-state index in [1.165, 1.54) is 0 Å². The predicted molar refractivity (Wildman–Crippen MR) is 110 cm³/mol. The van der Waals surface area contributed by atoms with E-state index < -0.39 is 0 Å². The number of benzene rings is 1. The number of hydrogen-bond donors (Lipinski definition) is 4. The van der Waals surface area contributed by atoms with E-state index in [9.17, 15) is 9.90 Å². The molecule has 0 unspecified atom stereocenters. The number of nitrogens with one attached hydrogen (secondary N) is 3. The van der Waals surface area contributed by atoms with E-state index in [0.29, 0.717) is 18.2 Å². The third-order valence-electron chi connectivity index (χ3n) is 4.48. The Bertz CT molecular complexity index is 644. The van der Waals surface area contributed by atoms with Crippen molar-refractivity contribution in [2.75, 3.05) is 6.54 Å². The van der Waals surface area contributed by atoms with Crippen LogP contribution in [0.3, 0.4) is 0 Å². The summed E-state index contributed by atoms with van der Waals surface area (Å²) < 4.78 is 0. The topological polar surface area (TPSA) is 85.8 Å². The van der Waals surface area contributed by atoms with Crippen LogP contribution < -0.4 is 16.0 Å². The molecule has 0 bridgehead atoms. The Labute approximate surface area is 162 Å². The van der Waals surface area contributed by atoms with Crippen molar-refractivity contribution < 1.29 is 9.90 Å². The average molecular weight is 375 g/mol. The molecule has 1 saturated carbocycles. The third-order valence-corrected chi connectivity index (χ3v) is 4.48. The molecule has 150 valence electrons. The molecule has 6 nitrogen and oxygen atoms in total. The molecule has 0 radical (unpaired) electrons. The van der Waals surface area contributed by atoms with Crippen molar-refractivity contribution in [3.63, 3.8) is 0 Å². The number of amides is 1. The van der Waals surface area contributed by atoms with Gasteiger partial charge in [0.25, 0.3) is 5.91 Å². The minimum Gasteiger partial charge on any atom is -0.393 e. The van der Waals surface area contributed by atoms with Crippen molar-refractivity contribution in [3.8, 4) is 0 Å². The highest BCUT2D eigenvalue weighted by atomic mass is 16.3. The van der Waals surface area contributed by atoms with Gasteiger partial charge in [0.2, 0.25) is 0 Å². The van der Waals surface area contributed by atoms with Crippen LogP contribution in [0.2, 0.25) is 0 Å². The van der Waals surface area contributed by atoms with E-state index in [2.05, 4.69) is 20.9 Å². The Morgan fingerprint density at radius 2 is 1.93 bits per heavy atom. The molecule has 1 aliphatic rings. The lowest BCUT2D eigenvalue weighted by Crippen LogP contribution is -2.45. The van der Waals surface area contributed by atoms with Crippen molar-refractivity contribution in [2.45, 2.75) is 77.6 Å². The Balaban J connectivity index is 2.00. The normalized spacial score (nSPS) is 20.9. The summed E-state index contributed by atoms with van der Waals surface area (Å²) in [4.78, 5) is 17.0. The highest BCUT2D eigenvalue weighted by molar-refractivity contribution is 5.94. The maximum atomic E-state index is 12.4. The number of hydrogen-bond acceptors (Lipinski definition) is 3. The number of carbonyl (C=O) groups excluding carboxylic acids is 1. The molecule has 1 aromatic carbocycles. The predicted octanol–water partition coefficient (Wildman–Crippen LogP) is 2.57. The summed E-state index contributed by atoms with van der Waals surface area (Å²) in [6.07, 6.45) is 3.41. The van der Waals surface area contributed by atoms with E-state index in [4.69, 9.17) is 0 Å². The van der Waals surface area contributed by atoms with Gasteiger partial charge < -0.3 is 21.1 Å². The van der Waals surface area contributed by atoms with Crippen LogP contribution in [-0.2, 0) is 6.54 Å². The summed E-state index contributed by atoms with van der Waals surface area (Å²) in [7, 11) is 0. The number of carbonyl (C=O) groups is 1. The molecule has 1 amide bonds. The van der Waals surface area contributed by atoms with Crippen molar-refractivity contribution >= 4 is 11.9 Å². The van der Waals surface area contributed by atoms with Gasteiger partial charge in [0.15, 0.2) is 5.96 Å². The zero-order valence-corrected chi connectivity index (χ0v) is 17.0. The van der Waals surface area contributed by atoms with Gasteiger partial charge in [-0.1, -0.05) is 12.1 Å². The fraction of sp³-hybridized carbons (Fsp3) is 0.619. The first-order valence-corrected chi connectivity index (χ1v) is 9.91. The molecule has 27 heavy (non-hydrogen) atoms. The van der Waals surface area contributed by atoms with Gasteiger partial charge in [0.1, 0.15) is 0 Å². The van der Waals surface area contributed by atoms with E-state index >= 15 is 0 Å². The van der Waals surface area contributed by atoms with Gasteiger partial charge in [0.05, 0.1) is 12.6 Å². The van der Waals surface area contributed by atoms with Crippen molar-refractivity contribution in [1.82, 2.24) is 16.0 Å². The summed E-state index contributed by atoms with van der Waals surface area (Å²) in [5, 5.41) is 19.4. The molecule has 0 heterocycles. The summed E-state index contributed by atoms with van der Waals surface area (Å²) in [6.45, 7) is 9.24. The molecule has 0 aromatic heterocycles. The van der Waals surface area contributed by atoms with Crippen LogP contribution in [0.5, 0.6) is 0 Å². The number of rotatable bonds is 5. The van der Waals surface area contributed by atoms with E-state index in [0.717, 1.165) is 43.8 Å². The molecule has 1 aromatic rings. The second-order valence-corrected chi connectivity index (χ2v) is 8.25. The number of aliphatic imine (C=N–C) groups is 1. The molecular weight excluding hydrogens is 340 g/mol. The largest absolute Gasteiger partial charge is 0.393 e. The first kappa shape index (κ1) is 21.2. The van der Waals surface area contributed by atoms with Gasteiger partial charge in [-0.05, 0) is 71.1 Å². The minimum absolute atomic E-state index is 0.0703. The first-order chi connectivity index (χ1) is 12.8. The van der Waals surface area contributed by atoms with Crippen LogP contribution in [0.1, 0.15) is 69.3 Å². The molecule has 0 spiro atoms. The summed E-state index contributed by atoms with van der Waals surface area (Å²) in [6, 6.07) is 7.94. The van der Waals surface area contributed by atoms with Crippen molar-refractivity contribution in [2.24, 2.45) is 4.99 Å². The third kappa shape index (κ3) is 7.59. The Kier molecular flexibility index (Phi) is 7.66. The zero-order valence-electron chi connectivity index (χ0n) is 17.0. The van der Waals surface area contributed by atoms with Gasteiger partial charge in [-0.25, -0.2) is 4.99 Å². The first-order valence-electron chi connectivity index (χ1n) is 9.91. The Morgan fingerprint density at radius 3 is 2.56 bits per heavy atom. The monoisotopic (exact) mass is 374 g/mol. The standard InChI is InChI=1S/C21H34N4O2/c1-5-22-20(24-17-9-11-18(26)12-10-17)23-14-15-7-6-8-16(13-15)19(27)25-21(2,3)4/h6-8,13,17-18,26H,5,9-12,14H2,1-4H3,(H,25,27)(H2,22,23,24). The van der Waals surface area contributed by atoms with Crippen molar-refractivity contribution in [3.05, 3.63) is 35.4 Å². The molecule has 4 N–H and O–H groups in total. The van der Waals surface area contributed by atoms with Gasteiger partial charge in [-0.15, -0.1) is 0 Å². The summed E-state index contributed by atoms with van der Waals surface area (Å²) >= 11 is 0. The quantitative estimate of drug-likeness (QED) is 0.471. The van der Waals surface area contributed by atoms with Crippen molar-refractivity contribution in [1.29, 1.82) is 0 Å². The summed E-state index contributed by atoms with van der Waals surface area (Å²) in [5.41, 5.74) is 1.38. The molecule has 1 fully saturated rings. The Morgan fingerprint density at radius 1 is 1.22 bits per heavy atom. The van der Waals surface area contributed by atoms with Gasteiger partial charge in [0, 0.05) is 23.7 Å². The molecule has 0 saturated heterocycles. The van der Waals surface area contributed by atoms with Crippen LogP contribution in [0, 0.1) is 0 Å². The van der Waals surface area contributed by atoms with Gasteiger partial charge in [-0.3, -0.25) is 4.79 Å². The SMILES string of the molecule is CCNC(=NCc1cccc(C(=O)NC(C)(C)C)c1)NC1CCC(O)CC1. The lowest BCUT2D eigenvalue weighted by molar-refractivity contribution is 0.0919. The maximum absolute atomic E-state index is 12.4. The maximum Gasteiger partial charge on any atom is 0.251 e. The Hall–Kier alpha value is -2.08. The lowest BCUT2D eigenvalue weighted by atomic mass is 9.93. The fourth-order valence-electron chi connectivity index (χ4n) is 3.13. The number of aliphatic hydroxyl groups excluding tert-OH is 1. The fourth-order valence-corrected chi connectivity index (χ4v) is 3.13. The highest BCUT2D eigenvalue weighted by Gasteiger charge is 2.20. The smallest absolute Gasteiger partial charge is 0.251 e. The van der Waals surface area contributed by atoms with E-state index in [-0.39, 0.29) is 17.6 Å². The average Bonchev–Trinajstić information content (AvgIpc) is 2.60. The lowest BCUT2D eigenvalue weighted by Gasteiger charge is -2.27. The molecule has 6 heteroatoms.